The van der Waals surface area contributed by atoms with Crippen molar-refractivity contribution in [3.63, 3.8) is 0 Å². The second-order valence-electron chi connectivity index (χ2n) is 3.95. The van der Waals surface area contributed by atoms with Crippen molar-refractivity contribution in [2.45, 2.75) is 9.79 Å². The lowest BCUT2D eigenvalue weighted by atomic mass is 10.0. The standard InChI is InChI=1S/C15H8ClNS/c16-12-5-6-14-10(8-12)7-11(9-17)13-3-1-2-4-15(13)18-14/h1-8H. The minimum Gasteiger partial charge on any atom is -0.192 e. The van der Waals surface area contributed by atoms with Gasteiger partial charge in [-0.25, -0.2) is 0 Å². The first-order chi connectivity index (χ1) is 8.78. The number of nitrogens with zero attached hydrogens (tertiary/aromatic N) is 1. The molecule has 0 aliphatic carbocycles. The summed E-state index contributed by atoms with van der Waals surface area (Å²) in [6.07, 6.45) is 1.90. The second-order valence-corrected chi connectivity index (χ2v) is 5.47. The van der Waals surface area contributed by atoms with Gasteiger partial charge < -0.3 is 0 Å². The van der Waals surface area contributed by atoms with Crippen LogP contribution in [0, 0.1) is 11.3 Å². The van der Waals surface area contributed by atoms with E-state index in [1.165, 1.54) is 0 Å². The van der Waals surface area contributed by atoms with E-state index in [0.717, 1.165) is 20.9 Å². The molecule has 0 N–H and O–H groups in total. The quantitative estimate of drug-likeness (QED) is 0.681. The first-order valence-corrected chi connectivity index (χ1v) is 6.66. The van der Waals surface area contributed by atoms with Crippen molar-refractivity contribution in [3.8, 4) is 6.07 Å². The molecule has 2 aromatic rings. The average molecular weight is 270 g/mol. The van der Waals surface area contributed by atoms with Crippen molar-refractivity contribution >= 4 is 35.0 Å². The molecule has 1 aliphatic rings. The van der Waals surface area contributed by atoms with Gasteiger partial charge >= 0.3 is 0 Å². The number of nitriles is 1. The molecule has 2 aromatic carbocycles. The van der Waals surface area contributed by atoms with Crippen LogP contribution in [-0.4, -0.2) is 0 Å². The molecule has 18 heavy (non-hydrogen) atoms. The molecule has 0 atom stereocenters. The molecule has 1 heterocycles. The Labute approximate surface area is 115 Å². The molecule has 0 radical (unpaired) electrons. The number of allylic oxidation sites excluding steroid dienone is 1. The van der Waals surface area contributed by atoms with Crippen molar-refractivity contribution in [2.75, 3.05) is 0 Å². The van der Waals surface area contributed by atoms with E-state index in [4.69, 9.17) is 11.6 Å². The Morgan fingerprint density at radius 3 is 2.72 bits per heavy atom. The Bertz CT molecular complexity index is 698. The molecule has 1 nitrogen and oxygen atoms in total. The van der Waals surface area contributed by atoms with Crippen molar-refractivity contribution in [2.24, 2.45) is 0 Å². The van der Waals surface area contributed by atoms with Crippen LogP contribution in [0.2, 0.25) is 5.02 Å². The molecule has 1 aliphatic heterocycles. The summed E-state index contributed by atoms with van der Waals surface area (Å²) in [6.45, 7) is 0. The largest absolute Gasteiger partial charge is 0.192 e. The maximum atomic E-state index is 9.30. The summed E-state index contributed by atoms with van der Waals surface area (Å²) in [6, 6.07) is 16.0. The van der Waals surface area contributed by atoms with Crippen LogP contribution in [0.25, 0.3) is 11.6 Å². The SMILES string of the molecule is N#CC1=Cc2cc(Cl)ccc2Sc2ccccc21. The lowest BCUT2D eigenvalue weighted by molar-refractivity contribution is 1.38. The monoisotopic (exact) mass is 269 g/mol. The summed E-state index contributed by atoms with van der Waals surface area (Å²) < 4.78 is 0. The minimum absolute atomic E-state index is 0.680. The van der Waals surface area contributed by atoms with Gasteiger partial charge in [0.25, 0.3) is 0 Å². The summed E-state index contributed by atoms with van der Waals surface area (Å²) in [5, 5.41) is 9.99. The summed E-state index contributed by atoms with van der Waals surface area (Å²) in [4.78, 5) is 2.23. The van der Waals surface area contributed by atoms with Crippen LogP contribution >= 0.6 is 23.4 Å². The first-order valence-electron chi connectivity index (χ1n) is 5.46. The average Bonchev–Trinajstić information content (AvgIpc) is 2.54. The number of benzene rings is 2. The van der Waals surface area contributed by atoms with Crippen LogP contribution in [0.15, 0.2) is 52.3 Å². The van der Waals surface area contributed by atoms with E-state index in [0.29, 0.717) is 10.6 Å². The molecule has 0 spiro atoms. The zero-order valence-electron chi connectivity index (χ0n) is 9.35. The van der Waals surface area contributed by atoms with E-state index in [1.807, 2.05) is 48.5 Å². The van der Waals surface area contributed by atoms with Crippen LogP contribution in [-0.2, 0) is 0 Å². The molecule has 0 unspecified atom stereocenters. The van der Waals surface area contributed by atoms with Crippen molar-refractivity contribution in [3.05, 3.63) is 58.6 Å². The van der Waals surface area contributed by atoms with E-state index < -0.39 is 0 Å². The molecule has 0 bridgehead atoms. The maximum Gasteiger partial charge on any atom is 0.0998 e. The van der Waals surface area contributed by atoms with Gasteiger partial charge in [-0.15, -0.1) is 0 Å². The minimum atomic E-state index is 0.680. The topological polar surface area (TPSA) is 23.8 Å². The van der Waals surface area contributed by atoms with Crippen LogP contribution in [0.1, 0.15) is 11.1 Å². The Morgan fingerprint density at radius 2 is 1.89 bits per heavy atom. The van der Waals surface area contributed by atoms with Crippen molar-refractivity contribution in [1.29, 1.82) is 5.26 Å². The van der Waals surface area contributed by atoms with Gasteiger partial charge in [0.05, 0.1) is 11.6 Å². The van der Waals surface area contributed by atoms with Gasteiger partial charge in [-0.3, -0.25) is 0 Å². The highest BCUT2D eigenvalue weighted by atomic mass is 35.5. The summed E-state index contributed by atoms with van der Waals surface area (Å²) in [7, 11) is 0. The van der Waals surface area contributed by atoms with E-state index in [1.54, 1.807) is 11.8 Å². The fourth-order valence-electron chi connectivity index (χ4n) is 1.95. The second kappa shape index (κ2) is 4.53. The fourth-order valence-corrected chi connectivity index (χ4v) is 3.17. The van der Waals surface area contributed by atoms with Gasteiger partial charge in [0.2, 0.25) is 0 Å². The summed E-state index contributed by atoms with van der Waals surface area (Å²) in [5.74, 6) is 0. The number of fused-ring (bicyclic) bond motifs is 2. The highest BCUT2D eigenvalue weighted by Crippen LogP contribution is 2.40. The lowest BCUT2D eigenvalue weighted by Gasteiger charge is -2.05. The van der Waals surface area contributed by atoms with E-state index in [2.05, 4.69) is 6.07 Å². The number of rotatable bonds is 0. The van der Waals surface area contributed by atoms with Gasteiger partial charge in [0, 0.05) is 20.4 Å². The molecule has 3 rings (SSSR count). The van der Waals surface area contributed by atoms with Gasteiger partial charge in [-0.1, -0.05) is 41.6 Å². The maximum absolute atomic E-state index is 9.30. The third kappa shape index (κ3) is 1.92. The van der Waals surface area contributed by atoms with Crippen molar-refractivity contribution in [1.82, 2.24) is 0 Å². The third-order valence-corrected chi connectivity index (χ3v) is 4.19. The van der Waals surface area contributed by atoms with Crippen LogP contribution < -0.4 is 0 Å². The first kappa shape index (κ1) is 11.4. The van der Waals surface area contributed by atoms with Crippen LogP contribution in [0.5, 0.6) is 0 Å². The Balaban J connectivity index is 2.28. The number of halogens is 1. The van der Waals surface area contributed by atoms with Crippen LogP contribution in [0.4, 0.5) is 0 Å². The molecular weight excluding hydrogens is 262 g/mol. The van der Waals surface area contributed by atoms with E-state index in [9.17, 15) is 5.26 Å². The molecule has 3 heteroatoms. The van der Waals surface area contributed by atoms with Gasteiger partial charge in [-0.2, -0.15) is 5.26 Å². The highest BCUT2D eigenvalue weighted by molar-refractivity contribution is 7.99. The van der Waals surface area contributed by atoms with Gasteiger partial charge in [0.15, 0.2) is 0 Å². The Hall–Kier alpha value is -1.69. The molecule has 0 fully saturated rings. The molecule has 0 amide bonds. The number of hydrogen-bond acceptors (Lipinski definition) is 2. The smallest absolute Gasteiger partial charge is 0.0998 e. The summed E-state index contributed by atoms with van der Waals surface area (Å²) in [5.41, 5.74) is 2.66. The predicted molar refractivity (Wildman–Crippen MR) is 75.5 cm³/mol. The van der Waals surface area contributed by atoms with E-state index in [-0.39, 0.29) is 0 Å². The Kier molecular flexibility index (Phi) is 2.87. The molecule has 0 aromatic heterocycles. The molecular formula is C15H8ClNS. The zero-order valence-corrected chi connectivity index (χ0v) is 10.9. The molecule has 0 saturated heterocycles. The lowest BCUT2D eigenvalue weighted by Crippen LogP contribution is -1.82. The predicted octanol–water partition coefficient (Wildman–Crippen LogP) is 4.87. The van der Waals surface area contributed by atoms with E-state index >= 15 is 0 Å². The Morgan fingerprint density at radius 1 is 1.06 bits per heavy atom. The van der Waals surface area contributed by atoms with Gasteiger partial charge in [0.1, 0.15) is 0 Å². The molecule has 86 valence electrons. The fraction of sp³-hybridized carbons (Fsp3) is 0. The zero-order chi connectivity index (χ0) is 12.5. The number of hydrogen-bond donors (Lipinski definition) is 0. The van der Waals surface area contributed by atoms with Gasteiger partial charge in [-0.05, 0) is 35.9 Å². The normalized spacial score (nSPS) is 12.8. The summed E-state index contributed by atoms with van der Waals surface area (Å²) >= 11 is 7.68. The highest BCUT2D eigenvalue weighted by Gasteiger charge is 2.15. The van der Waals surface area contributed by atoms with Crippen molar-refractivity contribution < 1.29 is 0 Å². The third-order valence-electron chi connectivity index (χ3n) is 2.79. The molecule has 0 saturated carbocycles. The van der Waals surface area contributed by atoms with Crippen LogP contribution in [0.3, 0.4) is 0 Å².